The van der Waals surface area contributed by atoms with Crippen molar-refractivity contribution in [2.24, 2.45) is 10.9 Å². The molecule has 8 nitrogen and oxygen atoms in total. The maximum Gasteiger partial charge on any atom is 0.238 e. The van der Waals surface area contributed by atoms with Crippen molar-refractivity contribution in [1.29, 1.82) is 0 Å². The molecule has 0 aromatic heterocycles. The molecule has 4 rings (SSSR count). The molecule has 0 saturated carbocycles. The van der Waals surface area contributed by atoms with E-state index in [9.17, 15) is 9.59 Å². The molecular formula is C23H25N3O5. The second kappa shape index (κ2) is 8.77. The summed E-state index contributed by atoms with van der Waals surface area (Å²) in [6.07, 6.45) is 0.654. The Balaban J connectivity index is 1.43. The molecule has 2 aromatic carbocycles. The Morgan fingerprint density at radius 2 is 1.84 bits per heavy atom. The predicted molar refractivity (Wildman–Crippen MR) is 117 cm³/mol. The van der Waals surface area contributed by atoms with Crippen LogP contribution < -0.4 is 19.5 Å². The van der Waals surface area contributed by atoms with Crippen LogP contribution in [-0.2, 0) is 4.79 Å². The number of fused-ring (bicyclic) bond motifs is 2. The van der Waals surface area contributed by atoms with E-state index in [-0.39, 0.29) is 24.2 Å². The van der Waals surface area contributed by atoms with Gasteiger partial charge in [-0.3, -0.25) is 19.5 Å². The quantitative estimate of drug-likeness (QED) is 0.769. The van der Waals surface area contributed by atoms with Crippen molar-refractivity contribution in [2.45, 2.75) is 6.42 Å². The summed E-state index contributed by atoms with van der Waals surface area (Å²) in [5.74, 6) is 1.32. The van der Waals surface area contributed by atoms with E-state index < -0.39 is 0 Å². The van der Waals surface area contributed by atoms with Gasteiger partial charge in [0, 0.05) is 30.4 Å². The molecule has 2 aliphatic rings. The monoisotopic (exact) mass is 423 g/mol. The van der Waals surface area contributed by atoms with E-state index in [1.807, 2.05) is 17.0 Å². The number of piperidine rings is 1. The zero-order valence-corrected chi connectivity index (χ0v) is 17.8. The van der Waals surface area contributed by atoms with Crippen LogP contribution in [0.4, 0.5) is 11.4 Å². The van der Waals surface area contributed by atoms with Gasteiger partial charge in [0.2, 0.25) is 5.91 Å². The lowest BCUT2D eigenvalue weighted by Gasteiger charge is -2.34. The maximum absolute atomic E-state index is 13.1. The number of hydrogen-bond donors (Lipinski definition) is 1. The van der Waals surface area contributed by atoms with Crippen LogP contribution in [-0.4, -0.2) is 63.3 Å². The number of Topliss-reactive ketones (excluding diaryl/α,β-unsaturated/α-hetero) is 1. The van der Waals surface area contributed by atoms with Crippen LogP contribution in [0.15, 0.2) is 41.4 Å². The van der Waals surface area contributed by atoms with Gasteiger partial charge >= 0.3 is 0 Å². The lowest BCUT2D eigenvalue weighted by molar-refractivity contribution is -0.117. The van der Waals surface area contributed by atoms with Crippen molar-refractivity contribution in [1.82, 2.24) is 4.90 Å². The highest BCUT2D eigenvalue weighted by Gasteiger charge is 2.36. The molecule has 2 aliphatic heterocycles. The number of likely N-dealkylation sites (tertiary alicyclic amines) is 1. The van der Waals surface area contributed by atoms with Gasteiger partial charge in [-0.2, -0.15) is 0 Å². The average Bonchev–Trinajstić information content (AvgIpc) is 2.79. The Morgan fingerprint density at radius 3 is 2.58 bits per heavy atom. The fourth-order valence-corrected chi connectivity index (χ4v) is 3.99. The van der Waals surface area contributed by atoms with E-state index in [1.165, 1.54) is 7.11 Å². The van der Waals surface area contributed by atoms with Crippen molar-refractivity contribution in [3.63, 3.8) is 0 Å². The van der Waals surface area contributed by atoms with E-state index in [0.29, 0.717) is 53.7 Å². The molecule has 2 heterocycles. The number of carbonyl (C=O) groups is 2. The minimum atomic E-state index is -0.336. The summed E-state index contributed by atoms with van der Waals surface area (Å²) in [6.45, 7) is 1.31. The Bertz CT molecular complexity index is 1050. The first-order valence-electron chi connectivity index (χ1n) is 10.1. The molecule has 1 amide bonds. The smallest absolute Gasteiger partial charge is 0.238 e. The lowest BCUT2D eigenvalue weighted by Crippen LogP contribution is -2.47. The number of nitrogens with one attached hydrogen (secondary N) is 1. The minimum Gasteiger partial charge on any atom is -0.497 e. The topological polar surface area (TPSA) is 89.5 Å². The van der Waals surface area contributed by atoms with Crippen LogP contribution >= 0.6 is 0 Å². The molecule has 1 unspecified atom stereocenters. The largest absolute Gasteiger partial charge is 0.497 e. The summed E-state index contributed by atoms with van der Waals surface area (Å²) in [5, 5.41) is 2.88. The van der Waals surface area contributed by atoms with Crippen molar-refractivity contribution >= 4 is 28.8 Å². The highest BCUT2D eigenvalue weighted by molar-refractivity contribution is 6.18. The minimum absolute atomic E-state index is 0.0285. The third-order valence-corrected chi connectivity index (χ3v) is 5.63. The summed E-state index contributed by atoms with van der Waals surface area (Å²) in [4.78, 5) is 32.4. The summed E-state index contributed by atoms with van der Waals surface area (Å²) in [7, 11) is 4.68. The number of amides is 1. The molecule has 1 fully saturated rings. The summed E-state index contributed by atoms with van der Waals surface area (Å²) in [5.41, 5.74) is 2.72. The Morgan fingerprint density at radius 1 is 1.10 bits per heavy atom. The summed E-state index contributed by atoms with van der Waals surface area (Å²) < 4.78 is 15.8. The van der Waals surface area contributed by atoms with Gasteiger partial charge in [0.05, 0.1) is 45.2 Å². The molecular weight excluding hydrogens is 398 g/mol. The number of ether oxygens (including phenoxy) is 3. The molecule has 1 saturated heterocycles. The molecule has 0 radical (unpaired) electrons. The van der Waals surface area contributed by atoms with E-state index in [0.717, 1.165) is 5.71 Å². The number of aliphatic imine (C=N–C) groups is 1. The Hall–Kier alpha value is -3.39. The van der Waals surface area contributed by atoms with Crippen LogP contribution in [0.3, 0.4) is 0 Å². The first-order valence-corrected chi connectivity index (χ1v) is 10.1. The predicted octanol–water partition coefficient (Wildman–Crippen LogP) is 2.94. The molecule has 0 aliphatic carbocycles. The summed E-state index contributed by atoms with van der Waals surface area (Å²) in [6, 6.07) is 10.6. The number of nitrogens with zero attached hydrogens (tertiary/aromatic N) is 2. The van der Waals surface area contributed by atoms with Crippen LogP contribution in [0.1, 0.15) is 16.8 Å². The van der Waals surface area contributed by atoms with Gasteiger partial charge in [-0.15, -0.1) is 0 Å². The average molecular weight is 423 g/mol. The van der Waals surface area contributed by atoms with Crippen molar-refractivity contribution in [2.75, 3.05) is 46.3 Å². The zero-order valence-electron chi connectivity index (χ0n) is 17.8. The van der Waals surface area contributed by atoms with E-state index in [1.54, 1.807) is 38.5 Å². The molecule has 0 spiro atoms. The molecule has 8 heteroatoms. The van der Waals surface area contributed by atoms with Gasteiger partial charge in [-0.1, -0.05) is 0 Å². The first-order chi connectivity index (χ1) is 15.0. The molecule has 31 heavy (non-hydrogen) atoms. The van der Waals surface area contributed by atoms with Gasteiger partial charge in [0.25, 0.3) is 0 Å². The number of anilines is 1. The SMILES string of the molecule is COc1ccc(NC(=O)CN2CCC3=Nc4ccc(OC)cc4C(=O)C3C2)c(OC)c1. The number of benzene rings is 2. The first kappa shape index (κ1) is 20.9. The number of rotatable bonds is 6. The molecule has 1 atom stereocenters. The lowest BCUT2D eigenvalue weighted by atomic mass is 9.85. The fraction of sp³-hybridized carbons (Fsp3) is 0.348. The van der Waals surface area contributed by atoms with Gasteiger partial charge in [0.1, 0.15) is 17.2 Å². The van der Waals surface area contributed by atoms with Crippen LogP contribution in [0, 0.1) is 5.92 Å². The third-order valence-electron chi connectivity index (χ3n) is 5.63. The molecule has 162 valence electrons. The Kier molecular flexibility index (Phi) is 5.90. The second-order valence-electron chi connectivity index (χ2n) is 7.50. The maximum atomic E-state index is 13.1. The highest BCUT2D eigenvalue weighted by atomic mass is 16.5. The van der Waals surface area contributed by atoms with Crippen molar-refractivity contribution < 1.29 is 23.8 Å². The number of carbonyl (C=O) groups excluding carboxylic acids is 2. The molecule has 1 N–H and O–H groups in total. The zero-order chi connectivity index (χ0) is 22.0. The Labute approximate surface area is 180 Å². The highest BCUT2D eigenvalue weighted by Crippen LogP contribution is 2.34. The fourth-order valence-electron chi connectivity index (χ4n) is 3.99. The summed E-state index contributed by atoms with van der Waals surface area (Å²) >= 11 is 0. The third kappa shape index (κ3) is 4.25. The molecule has 2 aromatic rings. The van der Waals surface area contributed by atoms with Crippen LogP contribution in [0.25, 0.3) is 0 Å². The van der Waals surface area contributed by atoms with Gasteiger partial charge in [-0.25, -0.2) is 0 Å². The number of hydrogen-bond acceptors (Lipinski definition) is 7. The van der Waals surface area contributed by atoms with Crippen molar-refractivity contribution in [3.05, 3.63) is 42.0 Å². The van der Waals surface area contributed by atoms with Gasteiger partial charge in [0.15, 0.2) is 5.78 Å². The van der Waals surface area contributed by atoms with Gasteiger partial charge < -0.3 is 19.5 Å². The van der Waals surface area contributed by atoms with E-state index in [2.05, 4.69) is 5.32 Å². The second-order valence-corrected chi connectivity index (χ2v) is 7.50. The normalized spacial score (nSPS) is 17.8. The van der Waals surface area contributed by atoms with E-state index in [4.69, 9.17) is 19.2 Å². The van der Waals surface area contributed by atoms with Crippen LogP contribution in [0.2, 0.25) is 0 Å². The number of ketones is 1. The van der Waals surface area contributed by atoms with Crippen molar-refractivity contribution in [3.8, 4) is 17.2 Å². The van der Waals surface area contributed by atoms with Gasteiger partial charge in [-0.05, 0) is 36.8 Å². The van der Waals surface area contributed by atoms with E-state index >= 15 is 0 Å². The van der Waals surface area contributed by atoms with Crippen LogP contribution in [0.5, 0.6) is 17.2 Å². The number of methoxy groups -OCH3 is 3. The standard InChI is InChI=1S/C23H25N3O5/c1-29-14-4-6-18-16(10-14)23(28)17-12-26(9-8-19(17)24-18)13-22(27)25-20-7-5-15(30-2)11-21(20)31-3/h4-7,10-11,17H,8-9,12-13H2,1-3H3,(H,25,27). The molecule has 0 bridgehead atoms.